The number of pyridine rings is 1. The highest BCUT2D eigenvalue weighted by Crippen LogP contribution is 2.42. The molecule has 0 spiro atoms. The number of hydrogen-bond donors (Lipinski definition) is 0. The Morgan fingerprint density at radius 3 is 2.53 bits per heavy atom. The van der Waals surface area contributed by atoms with Crippen LogP contribution in [0.1, 0.15) is 35.6 Å². The molecule has 34 heavy (non-hydrogen) atoms. The van der Waals surface area contributed by atoms with Crippen molar-refractivity contribution in [1.82, 2.24) is 0 Å². The van der Waals surface area contributed by atoms with Crippen LogP contribution in [-0.2, 0) is 11.8 Å². The van der Waals surface area contributed by atoms with E-state index in [0.717, 1.165) is 74.9 Å². The molecular weight excluding hydrogens is 420 g/mol. The van der Waals surface area contributed by atoms with Crippen LogP contribution in [0.15, 0.2) is 77.3 Å². The van der Waals surface area contributed by atoms with Gasteiger partial charge >= 0.3 is 0 Å². The molecule has 0 aliphatic carbocycles. The fourth-order valence-corrected chi connectivity index (χ4v) is 5.22. The quantitative estimate of drug-likeness (QED) is 0.288. The average Bonchev–Trinajstić information content (AvgIpc) is 3.52. The minimum atomic E-state index is 0.118. The van der Waals surface area contributed by atoms with Gasteiger partial charge in [-0.1, -0.05) is 30.3 Å². The van der Waals surface area contributed by atoms with E-state index >= 15 is 0 Å². The molecular formula is C30H25N2O2+. The zero-order valence-electron chi connectivity index (χ0n) is 19.3. The number of nitrogens with zero attached hydrogens (tertiary/aromatic N) is 2. The van der Waals surface area contributed by atoms with Crippen molar-refractivity contribution in [2.24, 2.45) is 7.05 Å². The van der Waals surface area contributed by atoms with Crippen LogP contribution < -0.4 is 4.57 Å². The Labute approximate surface area is 198 Å². The van der Waals surface area contributed by atoms with Crippen molar-refractivity contribution in [3.05, 3.63) is 89.6 Å². The SMILES string of the molecule is Cc1ccc2c(oc3c(-c4cccc(C5CCCO5)c4)c(C#N)ccc32)c1-c1cccc[n+]1C. The van der Waals surface area contributed by atoms with Crippen molar-refractivity contribution in [3.8, 4) is 28.5 Å². The Balaban J connectivity index is 1.65. The number of aryl methyl sites for hydroxylation is 2. The summed E-state index contributed by atoms with van der Waals surface area (Å²) in [5, 5.41) is 12.1. The second-order valence-electron chi connectivity index (χ2n) is 9.04. The van der Waals surface area contributed by atoms with Gasteiger partial charge in [-0.05, 0) is 60.7 Å². The highest BCUT2D eigenvalue weighted by molar-refractivity contribution is 6.14. The summed E-state index contributed by atoms with van der Waals surface area (Å²) < 4.78 is 14.7. The molecule has 3 heterocycles. The van der Waals surface area contributed by atoms with E-state index in [-0.39, 0.29) is 6.10 Å². The lowest BCUT2D eigenvalue weighted by molar-refractivity contribution is -0.660. The molecule has 4 heteroatoms. The van der Waals surface area contributed by atoms with E-state index < -0.39 is 0 Å². The minimum absolute atomic E-state index is 0.118. The number of hydrogen-bond acceptors (Lipinski definition) is 3. The number of benzene rings is 3. The van der Waals surface area contributed by atoms with Crippen molar-refractivity contribution < 1.29 is 13.7 Å². The van der Waals surface area contributed by atoms with Crippen molar-refractivity contribution in [2.75, 3.05) is 6.61 Å². The van der Waals surface area contributed by atoms with Crippen LogP contribution in [0.5, 0.6) is 0 Å². The van der Waals surface area contributed by atoms with Crippen LogP contribution in [-0.4, -0.2) is 6.61 Å². The Morgan fingerprint density at radius 2 is 1.76 bits per heavy atom. The maximum absolute atomic E-state index is 9.99. The van der Waals surface area contributed by atoms with Gasteiger partial charge in [0, 0.05) is 35.1 Å². The van der Waals surface area contributed by atoms with Crippen LogP contribution >= 0.6 is 0 Å². The van der Waals surface area contributed by atoms with Crippen LogP contribution in [0, 0.1) is 18.3 Å². The third-order valence-electron chi connectivity index (χ3n) is 6.93. The largest absolute Gasteiger partial charge is 0.454 e. The van der Waals surface area contributed by atoms with Crippen LogP contribution in [0.4, 0.5) is 0 Å². The topological polar surface area (TPSA) is 50.0 Å². The summed E-state index contributed by atoms with van der Waals surface area (Å²) in [6, 6.07) is 25.1. The van der Waals surface area contributed by atoms with Gasteiger partial charge in [-0.2, -0.15) is 5.26 Å². The predicted molar refractivity (Wildman–Crippen MR) is 133 cm³/mol. The van der Waals surface area contributed by atoms with E-state index in [9.17, 15) is 5.26 Å². The van der Waals surface area contributed by atoms with E-state index in [4.69, 9.17) is 9.15 Å². The Morgan fingerprint density at radius 1 is 0.941 bits per heavy atom. The first-order chi connectivity index (χ1) is 16.7. The number of ether oxygens (including phenoxy) is 1. The summed E-state index contributed by atoms with van der Waals surface area (Å²) in [6.07, 6.45) is 4.27. The standard InChI is InChI=1S/C30H25N2O2/c1-19-11-13-23-24-14-12-22(18-31)28(21-8-5-7-20(17-21)26-10-6-16-33-26)30(24)34-29(23)27(19)25-9-3-4-15-32(25)2/h3-5,7-9,11-15,17,26H,6,10,16H2,1-2H3/q+1. The van der Waals surface area contributed by atoms with Crippen molar-refractivity contribution in [2.45, 2.75) is 25.9 Å². The second kappa shape index (κ2) is 8.13. The first kappa shape index (κ1) is 20.7. The highest BCUT2D eigenvalue weighted by Gasteiger charge is 2.24. The van der Waals surface area contributed by atoms with Crippen molar-refractivity contribution >= 4 is 21.9 Å². The van der Waals surface area contributed by atoms with E-state index in [1.54, 1.807) is 0 Å². The van der Waals surface area contributed by atoms with Crippen LogP contribution in [0.3, 0.4) is 0 Å². The molecule has 3 aromatic carbocycles. The van der Waals surface area contributed by atoms with Gasteiger partial charge in [0.15, 0.2) is 6.20 Å². The summed E-state index contributed by atoms with van der Waals surface area (Å²) >= 11 is 0. The first-order valence-electron chi connectivity index (χ1n) is 11.7. The summed E-state index contributed by atoms with van der Waals surface area (Å²) in [5.41, 5.74) is 8.51. The van der Waals surface area contributed by atoms with Crippen molar-refractivity contribution in [1.29, 1.82) is 5.26 Å². The smallest absolute Gasteiger partial charge is 0.216 e. The van der Waals surface area contributed by atoms with Crippen LogP contribution in [0.25, 0.3) is 44.3 Å². The maximum Gasteiger partial charge on any atom is 0.216 e. The highest BCUT2D eigenvalue weighted by atomic mass is 16.5. The molecule has 6 rings (SSSR count). The number of furan rings is 1. The van der Waals surface area contributed by atoms with Gasteiger partial charge < -0.3 is 9.15 Å². The second-order valence-corrected chi connectivity index (χ2v) is 9.04. The van der Waals surface area contributed by atoms with Crippen LogP contribution in [0.2, 0.25) is 0 Å². The van der Waals surface area contributed by atoms with Gasteiger partial charge in [-0.3, -0.25) is 0 Å². The molecule has 1 fully saturated rings. The lowest BCUT2D eigenvalue weighted by atomic mass is 9.94. The lowest BCUT2D eigenvalue weighted by Gasteiger charge is -2.12. The molecule has 4 nitrogen and oxygen atoms in total. The molecule has 1 aliphatic rings. The van der Waals surface area contributed by atoms with Gasteiger partial charge in [-0.15, -0.1) is 0 Å². The average molecular weight is 446 g/mol. The van der Waals surface area contributed by atoms with Gasteiger partial charge in [0.25, 0.3) is 0 Å². The number of rotatable bonds is 3. The van der Waals surface area contributed by atoms with Gasteiger partial charge in [0.05, 0.1) is 23.3 Å². The van der Waals surface area contributed by atoms with Gasteiger partial charge in [0.2, 0.25) is 5.69 Å². The summed E-state index contributed by atoms with van der Waals surface area (Å²) in [7, 11) is 2.05. The summed E-state index contributed by atoms with van der Waals surface area (Å²) in [6.45, 7) is 2.91. The fraction of sp³-hybridized carbons (Fsp3) is 0.200. The van der Waals surface area contributed by atoms with Gasteiger partial charge in [0.1, 0.15) is 18.2 Å². The molecule has 1 aliphatic heterocycles. The molecule has 0 amide bonds. The minimum Gasteiger partial charge on any atom is -0.454 e. The summed E-state index contributed by atoms with van der Waals surface area (Å²) in [4.78, 5) is 0. The maximum atomic E-state index is 9.99. The Bertz CT molecular complexity index is 1600. The third kappa shape index (κ3) is 3.21. The molecule has 0 N–H and O–H groups in total. The van der Waals surface area contributed by atoms with E-state index in [1.165, 1.54) is 0 Å². The fourth-order valence-electron chi connectivity index (χ4n) is 5.22. The number of nitriles is 1. The monoisotopic (exact) mass is 445 g/mol. The van der Waals surface area contributed by atoms with Crippen molar-refractivity contribution in [3.63, 3.8) is 0 Å². The van der Waals surface area contributed by atoms with E-state index in [1.807, 2.05) is 37.5 Å². The zero-order chi connectivity index (χ0) is 23.2. The normalized spacial score (nSPS) is 15.7. The molecule has 1 atom stereocenters. The lowest BCUT2D eigenvalue weighted by Crippen LogP contribution is -2.30. The van der Waals surface area contributed by atoms with E-state index in [0.29, 0.717) is 5.56 Å². The summed E-state index contributed by atoms with van der Waals surface area (Å²) in [5.74, 6) is 0. The number of aromatic nitrogens is 1. The Kier molecular flexibility index (Phi) is 4.94. The molecule has 5 aromatic rings. The molecule has 0 radical (unpaired) electrons. The predicted octanol–water partition coefficient (Wildman–Crippen LogP) is 6.78. The van der Waals surface area contributed by atoms with E-state index in [2.05, 4.69) is 60.0 Å². The molecule has 166 valence electrons. The molecule has 1 unspecified atom stereocenters. The number of fused-ring (bicyclic) bond motifs is 3. The molecule has 0 saturated carbocycles. The zero-order valence-corrected chi connectivity index (χ0v) is 19.3. The third-order valence-corrected chi connectivity index (χ3v) is 6.93. The van der Waals surface area contributed by atoms with Gasteiger partial charge in [-0.25, -0.2) is 4.57 Å². The first-order valence-corrected chi connectivity index (χ1v) is 11.7. The Hall–Kier alpha value is -3.94. The molecule has 2 aromatic heterocycles. The molecule has 0 bridgehead atoms. The molecule has 1 saturated heterocycles.